The maximum absolute atomic E-state index is 11.8. The lowest BCUT2D eigenvalue weighted by atomic mass is 9.97. The summed E-state index contributed by atoms with van der Waals surface area (Å²) in [5.74, 6) is 1.52. The van der Waals surface area contributed by atoms with Crippen molar-refractivity contribution in [3.05, 3.63) is 17.7 Å². The van der Waals surface area contributed by atoms with Gasteiger partial charge in [0.05, 0.1) is 17.7 Å². The van der Waals surface area contributed by atoms with Crippen molar-refractivity contribution in [2.75, 3.05) is 19.7 Å². The largest absolute Gasteiger partial charge is 0.463 e. The number of carbonyl (C=O) groups excluding carboxylic acids is 1. The number of imidazole rings is 1. The fourth-order valence-corrected chi connectivity index (χ4v) is 2.69. The van der Waals surface area contributed by atoms with Gasteiger partial charge in [-0.15, -0.1) is 0 Å². The SMILES string of the molecule is CCc1cn(CCOC(=O)C(C)(C)C)c(C2CCNCC2)n1. The van der Waals surface area contributed by atoms with Crippen LogP contribution in [0.3, 0.4) is 0 Å². The molecule has 0 unspecified atom stereocenters. The van der Waals surface area contributed by atoms with Crippen LogP contribution in [0.5, 0.6) is 0 Å². The second kappa shape index (κ2) is 7.27. The van der Waals surface area contributed by atoms with Crippen LogP contribution in [0.2, 0.25) is 0 Å². The molecule has 22 heavy (non-hydrogen) atoms. The molecule has 124 valence electrons. The molecular weight excluding hydrogens is 278 g/mol. The van der Waals surface area contributed by atoms with Crippen LogP contribution in [0.25, 0.3) is 0 Å². The van der Waals surface area contributed by atoms with Crippen molar-refractivity contribution in [3.8, 4) is 0 Å². The number of aromatic nitrogens is 2. The van der Waals surface area contributed by atoms with E-state index in [1.54, 1.807) is 0 Å². The second-order valence-corrected chi connectivity index (χ2v) is 7.05. The number of nitrogens with one attached hydrogen (secondary N) is 1. The van der Waals surface area contributed by atoms with E-state index in [0.29, 0.717) is 19.1 Å². The smallest absolute Gasteiger partial charge is 0.311 e. The van der Waals surface area contributed by atoms with Crippen molar-refractivity contribution < 1.29 is 9.53 Å². The number of hydrogen-bond acceptors (Lipinski definition) is 4. The fraction of sp³-hybridized carbons (Fsp3) is 0.765. The predicted molar refractivity (Wildman–Crippen MR) is 86.9 cm³/mol. The van der Waals surface area contributed by atoms with Gasteiger partial charge in [0.2, 0.25) is 0 Å². The summed E-state index contributed by atoms with van der Waals surface area (Å²) in [4.78, 5) is 16.6. The Kier molecular flexibility index (Phi) is 5.62. The number of aryl methyl sites for hydroxylation is 1. The zero-order valence-electron chi connectivity index (χ0n) is 14.3. The van der Waals surface area contributed by atoms with Crippen LogP contribution in [-0.2, 0) is 22.5 Å². The number of rotatable bonds is 5. The van der Waals surface area contributed by atoms with E-state index < -0.39 is 5.41 Å². The molecule has 0 aliphatic carbocycles. The summed E-state index contributed by atoms with van der Waals surface area (Å²) in [6.45, 7) is 11.0. The quantitative estimate of drug-likeness (QED) is 0.849. The van der Waals surface area contributed by atoms with Crippen LogP contribution >= 0.6 is 0 Å². The Morgan fingerprint density at radius 1 is 1.41 bits per heavy atom. The number of ether oxygens (including phenoxy) is 1. The van der Waals surface area contributed by atoms with Gasteiger partial charge in [-0.3, -0.25) is 4.79 Å². The monoisotopic (exact) mass is 307 g/mol. The molecule has 1 aromatic heterocycles. The van der Waals surface area contributed by atoms with Crippen LogP contribution in [0.1, 0.15) is 58.0 Å². The van der Waals surface area contributed by atoms with E-state index >= 15 is 0 Å². The summed E-state index contributed by atoms with van der Waals surface area (Å²) in [5.41, 5.74) is 0.678. The Labute approximate surface area is 133 Å². The van der Waals surface area contributed by atoms with Gasteiger partial charge >= 0.3 is 5.97 Å². The Hall–Kier alpha value is -1.36. The van der Waals surface area contributed by atoms with Gasteiger partial charge in [0.1, 0.15) is 12.4 Å². The maximum atomic E-state index is 11.8. The van der Waals surface area contributed by atoms with Crippen LogP contribution in [0, 0.1) is 5.41 Å². The van der Waals surface area contributed by atoms with Crippen molar-refractivity contribution in [1.29, 1.82) is 0 Å². The van der Waals surface area contributed by atoms with Gasteiger partial charge in [-0.1, -0.05) is 6.92 Å². The molecule has 0 amide bonds. The lowest BCUT2D eigenvalue weighted by Crippen LogP contribution is -2.28. The maximum Gasteiger partial charge on any atom is 0.311 e. The van der Waals surface area contributed by atoms with Gasteiger partial charge in [0.15, 0.2) is 0 Å². The Morgan fingerprint density at radius 2 is 2.09 bits per heavy atom. The highest BCUT2D eigenvalue weighted by Crippen LogP contribution is 2.25. The van der Waals surface area contributed by atoms with Crippen LogP contribution in [-0.4, -0.2) is 35.2 Å². The molecule has 0 saturated carbocycles. The fourth-order valence-electron chi connectivity index (χ4n) is 2.69. The molecule has 0 bridgehead atoms. The van der Waals surface area contributed by atoms with E-state index in [9.17, 15) is 4.79 Å². The number of nitrogens with zero attached hydrogens (tertiary/aromatic N) is 2. The third kappa shape index (κ3) is 4.32. The standard InChI is InChI=1S/C17H29N3O2/c1-5-14-12-20(10-11-22-16(21)17(2,3)4)15(19-14)13-6-8-18-9-7-13/h12-13,18H,5-11H2,1-4H3. The van der Waals surface area contributed by atoms with Gasteiger partial charge in [0, 0.05) is 12.1 Å². The molecular formula is C17H29N3O2. The molecule has 5 heteroatoms. The lowest BCUT2D eigenvalue weighted by Gasteiger charge is -2.23. The molecule has 0 aromatic carbocycles. The molecule has 1 fully saturated rings. The highest BCUT2D eigenvalue weighted by Gasteiger charge is 2.24. The number of piperidine rings is 1. The van der Waals surface area contributed by atoms with Crippen LogP contribution in [0.15, 0.2) is 6.20 Å². The van der Waals surface area contributed by atoms with E-state index in [2.05, 4.69) is 23.0 Å². The minimum Gasteiger partial charge on any atom is -0.463 e. The second-order valence-electron chi connectivity index (χ2n) is 7.05. The number of carbonyl (C=O) groups is 1. The minimum atomic E-state index is -0.443. The normalized spacial score (nSPS) is 16.7. The van der Waals surface area contributed by atoms with E-state index in [0.717, 1.165) is 43.9 Å². The van der Waals surface area contributed by atoms with E-state index in [1.165, 1.54) is 0 Å². The highest BCUT2D eigenvalue weighted by molar-refractivity contribution is 5.75. The Balaban J connectivity index is 2.00. The molecule has 1 N–H and O–H groups in total. The molecule has 1 aliphatic rings. The Bertz CT molecular complexity index is 496. The highest BCUT2D eigenvalue weighted by atomic mass is 16.5. The van der Waals surface area contributed by atoms with Gasteiger partial charge in [-0.2, -0.15) is 0 Å². The third-order valence-corrected chi connectivity index (χ3v) is 4.10. The summed E-state index contributed by atoms with van der Waals surface area (Å²) in [7, 11) is 0. The molecule has 0 spiro atoms. The van der Waals surface area contributed by atoms with Crippen molar-refractivity contribution in [2.45, 2.75) is 59.4 Å². The molecule has 2 heterocycles. The lowest BCUT2D eigenvalue weighted by molar-refractivity contribution is -0.153. The molecule has 1 aromatic rings. The predicted octanol–water partition coefficient (Wildman–Crippen LogP) is 2.50. The first kappa shape index (κ1) is 17.0. The van der Waals surface area contributed by atoms with Crippen LogP contribution < -0.4 is 5.32 Å². The first-order valence-corrected chi connectivity index (χ1v) is 8.35. The topological polar surface area (TPSA) is 56.1 Å². The van der Waals surface area contributed by atoms with Crippen LogP contribution in [0.4, 0.5) is 0 Å². The van der Waals surface area contributed by atoms with E-state index in [-0.39, 0.29) is 5.97 Å². The average Bonchev–Trinajstić information content (AvgIpc) is 2.90. The van der Waals surface area contributed by atoms with Gasteiger partial charge < -0.3 is 14.6 Å². The van der Waals surface area contributed by atoms with E-state index in [4.69, 9.17) is 9.72 Å². The molecule has 0 radical (unpaired) electrons. The summed E-state index contributed by atoms with van der Waals surface area (Å²) in [6.07, 6.45) is 5.30. The molecule has 1 aliphatic heterocycles. The van der Waals surface area contributed by atoms with Crippen molar-refractivity contribution in [1.82, 2.24) is 14.9 Å². The summed E-state index contributed by atoms with van der Waals surface area (Å²) < 4.78 is 7.58. The number of esters is 1. The van der Waals surface area contributed by atoms with Crippen molar-refractivity contribution >= 4 is 5.97 Å². The zero-order chi connectivity index (χ0) is 16.2. The average molecular weight is 307 g/mol. The van der Waals surface area contributed by atoms with Gasteiger partial charge in [-0.05, 0) is 53.1 Å². The number of hydrogen-bond donors (Lipinski definition) is 1. The summed E-state index contributed by atoms with van der Waals surface area (Å²) >= 11 is 0. The third-order valence-electron chi connectivity index (χ3n) is 4.10. The molecule has 5 nitrogen and oxygen atoms in total. The van der Waals surface area contributed by atoms with Gasteiger partial charge in [-0.25, -0.2) is 4.98 Å². The van der Waals surface area contributed by atoms with Crippen molar-refractivity contribution in [3.63, 3.8) is 0 Å². The first-order chi connectivity index (χ1) is 10.4. The van der Waals surface area contributed by atoms with Crippen molar-refractivity contribution in [2.24, 2.45) is 5.41 Å². The molecule has 1 saturated heterocycles. The summed E-state index contributed by atoms with van der Waals surface area (Å²) in [5, 5.41) is 3.39. The van der Waals surface area contributed by atoms with Gasteiger partial charge in [0.25, 0.3) is 0 Å². The minimum absolute atomic E-state index is 0.147. The Morgan fingerprint density at radius 3 is 2.68 bits per heavy atom. The zero-order valence-corrected chi connectivity index (χ0v) is 14.3. The molecule has 0 atom stereocenters. The molecule has 2 rings (SSSR count). The first-order valence-electron chi connectivity index (χ1n) is 8.35. The van der Waals surface area contributed by atoms with E-state index in [1.807, 2.05) is 20.8 Å². The summed E-state index contributed by atoms with van der Waals surface area (Å²) in [6, 6.07) is 0.